The third-order valence-electron chi connectivity index (χ3n) is 7.34. The first kappa shape index (κ1) is 22.3. The Labute approximate surface area is 194 Å². The second-order valence-electron chi connectivity index (χ2n) is 9.50. The zero-order chi connectivity index (χ0) is 23.0. The van der Waals surface area contributed by atoms with Crippen molar-refractivity contribution in [1.82, 2.24) is 19.2 Å². The number of amides is 3. The van der Waals surface area contributed by atoms with Crippen molar-refractivity contribution in [2.24, 2.45) is 5.92 Å². The highest BCUT2D eigenvalue weighted by molar-refractivity contribution is 7.89. The third-order valence-corrected chi connectivity index (χ3v) is 9.74. The lowest BCUT2D eigenvalue weighted by Crippen LogP contribution is -2.49. The summed E-state index contributed by atoms with van der Waals surface area (Å²) in [5.74, 6) is 0.165. The molecule has 0 bridgehead atoms. The molecular formula is C23H31N5O4S. The number of carbonyl (C=O) groups is 2. The summed E-state index contributed by atoms with van der Waals surface area (Å²) in [6.07, 6.45) is 11.2. The number of anilines is 1. The van der Waals surface area contributed by atoms with Crippen molar-refractivity contribution in [3.8, 4) is 0 Å². The lowest BCUT2D eigenvalue weighted by molar-refractivity contribution is -0.120. The van der Waals surface area contributed by atoms with Crippen LogP contribution < -0.4 is 10.2 Å². The first-order chi connectivity index (χ1) is 15.9. The van der Waals surface area contributed by atoms with Crippen LogP contribution in [0.2, 0.25) is 0 Å². The number of imide groups is 1. The number of fused-ring (bicyclic) bond motifs is 1. The van der Waals surface area contributed by atoms with E-state index in [9.17, 15) is 18.0 Å². The molecule has 3 aliphatic rings. The van der Waals surface area contributed by atoms with Gasteiger partial charge in [-0.2, -0.15) is 5.10 Å². The van der Waals surface area contributed by atoms with Crippen molar-refractivity contribution in [3.05, 3.63) is 30.1 Å². The van der Waals surface area contributed by atoms with Gasteiger partial charge in [0, 0.05) is 32.3 Å². The smallest absolute Gasteiger partial charge is 0.290 e. The average Bonchev–Trinajstić information content (AvgIpc) is 3.23. The van der Waals surface area contributed by atoms with Crippen LogP contribution in [0.3, 0.4) is 0 Å². The highest BCUT2D eigenvalue weighted by Gasteiger charge is 2.35. The van der Waals surface area contributed by atoms with Gasteiger partial charge >= 0.3 is 6.03 Å². The molecule has 3 fully saturated rings. The molecule has 0 spiro atoms. The van der Waals surface area contributed by atoms with Gasteiger partial charge in [0.15, 0.2) is 0 Å². The number of carbonyl (C=O) groups excluding carboxylic acids is 2. The zero-order valence-electron chi connectivity index (χ0n) is 18.8. The Bertz CT molecular complexity index is 1150. The van der Waals surface area contributed by atoms with E-state index in [1.165, 1.54) is 0 Å². The highest BCUT2D eigenvalue weighted by atomic mass is 32.2. The molecule has 2 aromatic heterocycles. The molecule has 0 radical (unpaired) electrons. The largest absolute Gasteiger partial charge is 0.328 e. The lowest BCUT2D eigenvalue weighted by atomic mass is 9.91. The van der Waals surface area contributed by atoms with Gasteiger partial charge in [-0.15, -0.1) is 0 Å². The molecule has 2 saturated heterocycles. The van der Waals surface area contributed by atoms with E-state index in [-0.39, 0.29) is 17.6 Å². The van der Waals surface area contributed by atoms with Gasteiger partial charge in [-0.3, -0.25) is 15.0 Å². The van der Waals surface area contributed by atoms with Crippen LogP contribution in [-0.2, 0) is 21.2 Å². The molecule has 2 aliphatic heterocycles. The Balaban J connectivity index is 1.25. The van der Waals surface area contributed by atoms with Crippen molar-refractivity contribution in [1.29, 1.82) is 0 Å². The number of hydrogen-bond acceptors (Lipinski definition) is 5. The number of aromatic nitrogens is 2. The summed E-state index contributed by atoms with van der Waals surface area (Å²) in [5.41, 5.74) is 2.66. The first-order valence-electron chi connectivity index (χ1n) is 12.0. The summed E-state index contributed by atoms with van der Waals surface area (Å²) in [4.78, 5) is 25.3. The lowest BCUT2D eigenvalue weighted by Gasteiger charge is -2.35. The van der Waals surface area contributed by atoms with E-state index in [0.717, 1.165) is 62.4 Å². The van der Waals surface area contributed by atoms with E-state index >= 15 is 0 Å². The fourth-order valence-electron chi connectivity index (χ4n) is 5.42. The number of hydrogen-bond donors (Lipinski definition) is 1. The van der Waals surface area contributed by atoms with E-state index < -0.39 is 16.1 Å². The van der Waals surface area contributed by atoms with Crippen LogP contribution in [0, 0.1) is 5.92 Å². The number of nitrogens with one attached hydrogen (secondary N) is 1. The van der Waals surface area contributed by atoms with Crippen LogP contribution in [0.4, 0.5) is 10.5 Å². The quantitative estimate of drug-likeness (QED) is 0.719. The standard InChI is InChI=1S/C23H31N5O4S/c29-22-9-12-27(23(30)25-22)21-16-24-28-13-8-18(15-20(21)28)14-17-6-10-26(11-7-17)33(31,32)19-4-2-1-3-5-19/h8,13,15-17,19H,1-7,9-12,14H2,(H,25,29,30). The Morgan fingerprint density at radius 3 is 2.52 bits per heavy atom. The molecule has 0 aromatic carbocycles. The topological polar surface area (TPSA) is 104 Å². The van der Waals surface area contributed by atoms with Crippen molar-refractivity contribution in [2.45, 2.75) is 63.0 Å². The number of piperidine rings is 1. The fourth-order valence-corrected chi connectivity index (χ4v) is 7.49. The van der Waals surface area contributed by atoms with Crippen LogP contribution in [0.1, 0.15) is 56.9 Å². The normalized spacial score (nSPS) is 22.1. The molecule has 33 heavy (non-hydrogen) atoms. The minimum absolute atomic E-state index is 0.187. The van der Waals surface area contributed by atoms with Crippen LogP contribution >= 0.6 is 0 Å². The summed E-state index contributed by atoms with van der Waals surface area (Å²) in [5, 5.41) is 6.53. The van der Waals surface area contributed by atoms with Crippen molar-refractivity contribution >= 4 is 33.2 Å². The van der Waals surface area contributed by atoms with E-state index in [0.29, 0.717) is 31.2 Å². The molecule has 2 aromatic rings. The third kappa shape index (κ3) is 4.50. The Hall–Kier alpha value is -2.46. The van der Waals surface area contributed by atoms with Gasteiger partial charge in [0.25, 0.3) is 0 Å². The Kier molecular flexibility index (Phi) is 6.13. The van der Waals surface area contributed by atoms with Crippen LogP contribution in [0.15, 0.2) is 24.5 Å². The van der Waals surface area contributed by atoms with Gasteiger partial charge in [0.05, 0.1) is 22.7 Å². The molecule has 10 heteroatoms. The molecule has 1 aliphatic carbocycles. The van der Waals surface area contributed by atoms with E-state index in [1.807, 2.05) is 12.3 Å². The average molecular weight is 474 g/mol. The number of sulfonamides is 1. The van der Waals surface area contributed by atoms with E-state index in [2.05, 4.69) is 16.5 Å². The van der Waals surface area contributed by atoms with E-state index in [1.54, 1.807) is 19.9 Å². The zero-order valence-corrected chi connectivity index (χ0v) is 19.6. The number of pyridine rings is 1. The maximum absolute atomic E-state index is 13.0. The van der Waals surface area contributed by atoms with Gasteiger partial charge < -0.3 is 0 Å². The molecule has 5 rings (SSSR count). The summed E-state index contributed by atoms with van der Waals surface area (Å²) in [7, 11) is -3.18. The molecule has 4 heterocycles. The fraction of sp³-hybridized carbons (Fsp3) is 0.609. The SMILES string of the molecule is O=C1CCN(c2cnn3ccc(CC4CCN(S(=O)(=O)C5CCCCC5)CC4)cc23)C(=O)N1. The number of urea groups is 1. The summed E-state index contributed by atoms with van der Waals surface area (Å²) < 4.78 is 29.5. The molecule has 1 N–H and O–H groups in total. The van der Waals surface area contributed by atoms with Gasteiger partial charge in [0.1, 0.15) is 0 Å². The molecule has 0 atom stereocenters. The maximum atomic E-state index is 13.0. The van der Waals surface area contributed by atoms with E-state index in [4.69, 9.17) is 0 Å². The van der Waals surface area contributed by atoms with Gasteiger partial charge in [-0.05, 0) is 55.7 Å². The van der Waals surface area contributed by atoms with Crippen molar-refractivity contribution in [2.75, 3.05) is 24.5 Å². The Morgan fingerprint density at radius 1 is 1.03 bits per heavy atom. The summed E-state index contributed by atoms with van der Waals surface area (Å²) in [6.45, 7) is 1.54. The van der Waals surface area contributed by atoms with Gasteiger partial charge in [-0.25, -0.2) is 22.0 Å². The number of rotatable bonds is 5. The van der Waals surface area contributed by atoms with Crippen molar-refractivity contribution in [3.63, 3.8) is 0 Å². The van der Waals surface area contributed by atoms with Crippen LogP contribution in [0.25, 0.3) is 5.52 Å². The predicted octanol–water partition coefficient (Wildman–Crippen LogP) is 2.70. The monoisotopic (exact) mass is 473 g/mol. The van der Waals surface area contributed by atoms with Gasteiger partial charge in [-0.1, -0.05) is 19.3 Å². The first-order valence-corrected chi connectivity index (χ1v) is 13.5. The van der Waals surface area contributed by atoms with Crippen molar-refractivity contribution < 1.29 is 18.0 Å². The Morgan fingerprint density at radius 2 is 1.79 bits per heavy atom. The maximum Gasteiger partial charge on any atom is 0.328 e. The number of nitrogens with zero attached hydrogens (tertiary/aromatic N) is 4. The van der Waals surface area contributed by atoms with Crippen LogP contribution in [0.5, 0.6) is 0 Å². The summed E-state index contributed by atoms with van der Waals surface area (Å²) >= 11 is 0. The second-order valence-corrected chi connectivity index (χ2v) is 11.7. The van der Waals surface area contributed by atoms with Gasteiger partial charge in [0.2, 0.25) is 15.9 Å². The molecule has 9 nitrogen and oxygen atoms in total. The highest BCUT2D eigenvalue weighted by Crippen LogP contribution is 2.31. The molecule has 0 unspecified atom stereocenters. The summed E-state index contributed by atoms with van der Waals surface area (Å²) in [6, 6.07) is 3.67. The molecule has 3 amide bonds. The minimum Gasteiger partial charge on any atom is -0.290 e. The molecule has 1 saturated carbocycles. The molecule has 178 valence electrons. The minimum atomic E-state index is -3.18. The molecular weight excluding hydrogens is 442 g/mol. The van der Waals surface area contributed by atoms with Crippen LogP contribution in [-0.4, -0.2) is 59.2 Å². The second kappa shape index (κ2) is 9.06. The predicted molar refractivity (Wildman–Crippen MR) is 124 cm³/mol.